The molecule has 0 amide bonds. The Kier molecular flexibility index (Phi) is 5.25. The minimum absolute atomic E-state index is 0.423. The quantitative estimate of drug-likeness (QED) is 0.725. The van der Waals surface area contributed by atoms with Crippen LogP contribution in [0.3, 0.4) is 0 Å². The first-order valence-corrected chi connectivity index (χ1v) is 7.28. The second-order valence-electron chi connectivity index (χ2n) is 5.82. The SMILES string of the molecule is CCC(C)c1cc(C(C)C)cc(C(C)CC)c1O. The average molecular weight is 248 g/mol. The van der Waals surface area contributed by atoms with Gasteiger partial charge in [-0.3, -0.25) is 0 Å². The molecule has 1 aromatic rings. The molecular weight excluding hydrogens is 220 g/mol. The molecule has 0 spiro atoms. The van der Waals surface area contributed by atoms with Crippen LogP contribution in [0.15, 0.2) is 12.1 Å². The smallest absolute Gasteiger partial charge is 0.122 e. The molecular formula is C17H28O. The monoisotopic (exact) mass is 248 g/mol. The van der Waals surface area contributed by atoms with Crippen molar-refractivity contribution in [1.29, 1.82) is 0 Å². The number of rotatable bonds is 5. The van der Waals surface area contributed by atoms with Gasteiger partial charge in [0.15, 0.2) is 0 Å². The Morgan fingerprint density at radius 3 is 1.56 bits per heavy atom. The number of benzene rings is 1. The molecule has 0 aliphatic rings. The van der Waals surface area contributed by atoms with Gasteiger partial charge >= 0.3 is 0 Å². The molecule has 0 aliphatic carbocycles. The van der Waals surface area contributed by atoms with E-state index in [0.29, 0.717) is 23.5 Å². The minimum atomic E-state index is 0.423. The molecule has 0 aliphatic heterocycles. The van der Waals surface area contributed by atoms with Crippen molar-refractivity contribution in [3.05, 3.63) is 28.8 Å². The molecule has 2 atom stereocenters. The zero-order valence-electron chi connectivity index (χ0n) is 12.7. The molecule has 0 saturated heterocycles. The van der Waals surface area contributed by atoms with Gasteiger partial charge in [0.1, 0.15) is 5.75 Å². The molecule has 1 rings (SSSR count). The van der Waals surface area contributed by atoms with Crippen molar-refractivity contribution in [1.82, 2.24) is 0 Å². The number of aromatic hydroxyl groups is 1. The first kappa shape index (κ1) is 15.1. The Labute approximate surface area is 112 Å². The third-order valence-corrected chi connectivity index (χ3v) is 4.14. The van der Waals surface area contributed by atoms with Gasteiger partial charge in [0.2, 0.25) is 0 Å². The van der Waals surface area contributed by atoms with Gasteiger partial charge in [-0.1, -0.05) is 53.7 Å². The first-order chi connectivity index (χ1) is 8.42. The summed E-state index contributed by atoms with van der Waals surface area (Å²) in [5.41, 5.74) is 3.59. The molecule has 1 N–H and O–H groups in total. The van der Waals surface area contributed by atoms with E-state index in [0.717, 1.165) is 24.0 Å². The second-order valence-corrected chi connectivity index (χ2v) is 5.82. The predicted molar refractivity (Wildman–Crippen MR) is 79.6 cm³/mol. The van der Waals surface area contributed by atoms with Gasteiger partial charge in [-0.25, -0.2) is 0 Å². The van der Waals surface area contributed by atoms with Crippen molar-refractivity contribution in [3.8, 4) is 5.75 Å². The van der Waals surface area contributed by atoms with Gasteiger partial charge in [-0.05, 0) is 47.3 Å². The Bertz CT molecular complexity index is 362. The Morgan fingerprint density at radius 1 is 0.889 bits per heavy atom. The zero-order valence-corrected chi connectivity index (χ0v) is 12.7. The van der Waals surface area contributed by atoms with Crippen LogP contribution in [0, 0.1) is 0 Å². The van der Waals surface area contributed by atoms with Gasteiger partial charge in [0.25, 0.3) is 0 Å². The van der Waals surface area contributed by atoms with E-state index < -0.39 is 0 Å². The molecule has 18 heavy (non-hydrogen) atoms. The summed E-state index contributed by atoms with van der Waals surface area (Å²) in [5.74, 6) is 1.89. The molecule has 2 unspecified atom stereocenters. The van der Waals surface area contributed by atoms with E-state index in [1.165, 1.54) is 5.56 Å². The number of hydrogen-bond acceptors (Lipinski definition) is 1. The van der Waals surface area contributed by atoms with Gasteiger partial charge < -0.3 is 5.11 Å². The Morgan fingerprint density at radius 2 is 1.28 bits per heavy atom. The molecule has 102 valence electrons. The lowest BCUT2D eigenvalue weighted by Gasteiger charge is -2.21. The minimum Gasteiger partial charge on any atom is -0.507 e. The van der Waals surface area contributed by atoms with E-state index >= 15 is 0 Å². The standard InChI is InChI=1S/C17H28O/c1-7-12(5)15-9-14(11(3)4)10-16(17(15)18)13(6)8-2/h9-13,18H,7-8H2,1-6H3. The van der Waals surface area contributed by atoms with E-state index in [4.69, 9.17) is 0 Å². The van der Waals surface area contributed by atoms with Gasteiger partial charge in [-0.15, -0.1) is 0 Å². The van der Waals surface area contributed by atoms with Crippen LogP contribution in [0.2, 0.25) is 0 Å². The topological polar surface area (TPSA) is 20.2 Å². The number of phenols is 1. The molecule has 0 aromatic heterocycles. The predicted octanol–water partition coefficient (Wildman–Crippen LogP) is 5.54. The average Bonchev–Trinajstić information content (AvgIpc) is 2.36. The van der Waals surface area contributed by atoms with Crippen molar-refractivity contribution in [3.63, 3.8) is 0 Å². The van der Waals surface area contributed by atoms with Crippen LogP contribution < -0.4 is 0 Å². The highest BCUT2D eigenvalue weighted by Gasteiger charge is 2.18. The largest absolute Gasteiger partial charge is 0.507 e. The van der Waals surface area contributed by atoms with Crippen LogP contribution in [0.5, 0.6) is 5.75 Å². The van der Waals surface area contributed by atoms with Crippen LogP contribution in [-0.2, 0) is 0 Å². The van der Waals surface area contributed by atoms with E-state index in [1.54, 1.807) is 0 Å². The lowest BCUT2D eigenvalue weighted by Crippen LogP contribution is -2.02. The third-order valence-electron chi connectivity index (χ3n) is 4.14. The van der Waals surface area contributed by atoms with Crippen molar-refractivity contribution in [2.45, 2.75) is 72.1 Å². The molecule has 0 heterocycles. The van der Waals surface area contributed by atoms with Gasteiger partial charge in [0, 0.05) is 0 Å². The number of phenolic OH excluding ortho intramolecular Hbond substituents is 1. The van der Waals surface area contributed by atoms with E-state index in [1.807, 2.05) is 0 Å². The normalized spacial score (nSPS) is 14.8. The summed E-state index contributed by atoms with van der Waals surface area (Å²) < 4.78 is 0. The highest BCUT2D eigenvalue weighted by Crippen LogP contribution is 2.38. The van der Waals surface area contributed by atoms with Crippen molar-refractivity contribution in [2.24, 2.45) is 0 Å². The van der Waals surface area contributed by atoms with Crippen LogP contribution in [0.1, 0.15) is 88.8 Å². The molecule has 0 bridgehead atoms. The summed E-state index contributed by atoms with van der Waals surface area (Å²) in [7, 11) is 0. The fraction of sp³-hybridized carbons (Fsp3) is 0.647. The van der Waals surface area contributed by atoms with Crippen LogP contribution in [0.4, 0.5) is 0 Å². The molecule has 1 heteroatoms. The molecule has 1 nitrogen and oxygen atoms in total. The number of hydrogen-bond donors (Lipinski definition) is 1. The maximum absolute atomic E-state index is 10.5. The first-order valence-electron chi connectivity index (χ1n) is 7.28. The van der Waals surface area contributed by atoms with Gasteiger partial charge in [0.05, 0.1) is 0 Å². The maximum atomic E-state index is 10.5. The summed E-state index contributed by atoms with van der Waals surface area (Å²) in [6, 6.07) is 4.39. The third kappa shape index (κ3) is 3.07. The lowest BCUT2D eigenvalue weighted by molar-refractivity contribution is 0.448. The maximum Gasteiger partial charge on any atom is 0.122 e. The second kappa shape index (κ2) is 6.26. The summed E-state index contributed by atoms with van der Waals surface area (Å²) in [6.45, 7) is 13.2. The van der Waals surface area contributed by atoms with Gasteiger partial charge in [-0.2, -0.15) is 0 Å². The summed E-state index contributed by atoms with van der Waals surface area (Å²) in [5, 5.41) is 10.5. The fourth-order valence-electron chi connectivity index (χ4n) is 2.23. The molecule has 0 saturated carbocycles. The lowest BCUT2D eigenvalue weighted by atomic mass is 9.86. The van der Waals surface area contributed by atoms with E-state index in [-0.39, 0.29) is 0 Å². The van der Waals surface area contributed by atoms with Crippen molar-refractivity contribution < 1.29 is 5.11 Å². The summed E-state index contributed by atoms with van der Waals surface area (Å²) in [6.07, 6.45) is 2.13. The summed E-state index contributed by atoms with van der Waals surface area (Å²) in [4.78, 5) is 0. The highest BCUT2D eigenvalue weighted by molar-refractivity contribution is 5.47. The van der Waals surface area contributed by atoms with Crippen molar-refractivity contribution in [2.75, 3.05) is 0 Å². The highest BCUT2D eigenvalue weighted by atomic mass is 16.3. The molecule has 1 aromatic carbocycles. The Hall–Kier alpha value is -0.980. The fourth-order valence-corrected chi connectivity index (χ4v) is 2.23. The zero-order chi connectivity index (χ0) is 13.9. The molecule has 0 fully saturated rings. The van der Waals surface area contributed by atoms with Crippen LogP contribution in [0.25, 0.3) is 0 Å². The van der Waals surface area contributed by atoms with Crippen molar-refractivity contribution >= 4 is 0 Å². The Balaban J connectivity index is 3.37. The summed E-state index contributed by atoms with van der Waals surface area (Å²) >= 11 is 0. The van der Waals surface area contributed by atoms with Crippen LogP contribution in [-0.4, -0.2) is 5.11 Å². The van der Waals surface area contributed by atoms with Crippen LogP contribution >= 0.6 is 0 Å². The van der Waals surface area contributed by atoms with E-state index in [2.05, 4.69) is 53.7 Å². The van der Waals surface area contributed by atoms with E-state index in [9.17, 15) is 5.11 Å². The molecule has 0 radical (unpaired) electrons.